The monoisotopic (exact) mass is 447 g/mol. The molecule has 1 fully saturated rings. The van der Waals surface area contributed by atoms with Crippen LogP contribution in [-0.2, 0) is 17.6 Å². The molecular weight excluding hydrogens is 418 g/mol. The van der Waals surface area contributed by atoms with E-state index in [1.807, 2.05) is 54.6 Å². The van der Waals surface area contributed by atoms with Crippen molar-refractivity contribution in [2.45, 2.75) is 63.7 Å². The van der Waals surface area contributed by atoms with Crippen LogP contribution in [0.3, 0.4) is 0 Å². The highest BCUT2D eigenvalue weighted by Gasteiger charge is 2.37. The van der Waals surface area contributed by atoms with Gasteiger partial charge in [-0.25, -0.2) is 4.68 Å². The highest BCUT2D eigenvalue weighted by atomic mass is 35.5. The molecule has 2 aromatic carbocycles. The smallest absolute Gasteiger partial charge is 0.233 e. The predicted molar refractivity (Wildman–Crippen MR) is 130 cm³/mol. The van der Waals surface area contributed by atoms with Crippen LogP contribution in [0.25, 0.3) is 5.69 Å². The Bertz CT molecular complexity index is 1070. The van der Waals surface area contributed by atoms with E-state index in [4.69, 9.17) is 16.7 Å². The van der Waals surface area contributed by atoms with Crippen molar-refractivity contribution in [3.05, 3.63) is 76.6 Å². The maximum atomic E-state index is 13.9. The number of anilines is 1. The summed E-state index contributed by atoms with van der Waals surface area (Å²) >= 11 is 6.17. The first-order chi connectivity index (χ1) is 15.7. The predicted octanol–water partition coefficient (Wildman–Crippen LogP) is 6.71. The Morgan fingerprint density at radius 1 is 0.938 bits per heavy atom. The van der Waals surface area contributed by atoms with Gasteiger partial charge in [-0.05, 0) is 86.4 Å². The van der Waals surface area contributed by atoms with E-state index in [0.717, 1.165) is 61.3 Å². The summed E-state index contributed by atoms with van der Waals surface area (Å²) in [5.74, 6) is 0.216. The zero-order valence-electron chi connectivity index (χ0n) is 18.4. The molecule has 0 radical (unpaired) electrons. The summed E-state index contributed by atoms with van der Waals surface area (Å²) < 4.78 is 2.05. The number of aromatic nitrogens is 2. The minimum Gasteiger partial charge on any atom is -0.326 e. The number of hydrogen-bond donors (Lipinski definition) is 1. The second kappa shape index (κ2) is 9.50. The van der Waals surface area contributed by atoms with Crippen molar-refractivity contribution in [1.29, 1.82) is 0 Å². The molecule has 4 nitrogen and oxygen atoms in total. The average Bonchev–Trinajstić information content (AvgIpc) is 3.20. The first-order valence-corrected chi connectivity index (χ1v) is 12.3. The third-order valence-electron chi connectivity index (χ3n) is 7.01. The largest absolute Gasteiger partial charge is 0.326 e. The number of rotatable bonds is 5. The summed E-state index contributed by atoms with van der Waals surface area (Å²) in [5, 5.41) is 8.98. The van der Waals surface area contributed by atoms with Crippen LogP contribution in [0.15, 0.2) is 54.6 Å². The lowest BCUT2D eigenvalue weighted by atomic mass is 9.76. The van der Waals surface area contributed by atoms with Crippen molar-refractivity contribution in [2.24, 2.45) is 5.92 Å². The van der Waals surface area contributed by atoms with Gasteiger partial charge >= 0.3 is 0 Å². The molecule has 166 valence electrons. The number of aryl methyl sites for hydroxylation is 1. The van der Waals surface area contributed by atoms with Crippen LogP contribution in [0.2, 0.25) is 5.02 Å². The Balaban J connectivity index is 1.61. The number of para-hydroxylation sites is 1. The molecule has 2 aliphatic rings. The molecule has 2 aliphatic carbocycles. The molecule has 5 heteroatoms. The Morgan fingerprint density at radius 2 is 1.66 bits per heavy atom. The summed E-state index contributed by atoms with van der Waals surface area (Å²) in [4.78, 5) is 13.9. The molecule has 1 heterocycles. The number of nitrogens with one attached hydrogen (secondary N) is 1. The summed E-state index contributed by atoms with van der Waals surface area (Å²) in [6.45, 7) is 0. The summed E-state index contributed by atoms with van der Waals surface area (Å²) in [6.07, 6.45) is 10.1. The van der Waals surface area contributed by atoms with Gasteiger partial charge in [0.05, 0.1) is 23.0 Å². The van der Waals surface area contributed by atoms with Gasteiger partial charge < -0.3 is 5.32 Å². The molecule has 0 spiro atoms. The topological polar surface area (TPSA) is 46.9 Å². The van der Waals surface area contributed by atoms with E-state index in [9.17, 15) is 4.79 Å². The Kier molecular flexibility index (Phi) is 6.31. The first kappa shape index (κ1) is 21.3. The summed E-state index contributed by atoms with van der Waals surface area (Å²) in [5.41, 5.74) is 5.39. The van der Waals surface area contributed by atoms with Crippen molar-refractivity contribution in [2.75, 3.05) is 5.32 Å². The van der Waals surface area contributed by atoms with E-state index in [-0.39, 0.29) is 11.8 Å². The zero-order chi connectivity index (χ0) is 21.9. The molecule has 0 saturated heterocycles. The number of nitrogens with zero attached hydrogens (tertiary/aromatic N) is 2. The summed E-state index contributed by atoms with van der Waals surface area (Å²) in [6, 6.07) is 17.6. The van der Waals surface area contributed by atoms with Crippen LogP contribution in [0.1, 0.15) is 67.8 Å². The van der Waals surface area contributed by atoms with Gasteiger partial charge in [0.1, 0.15) is 0 Å². The molecule has 32 heavy (non-hydrogen) atoms. The van der Waals surface area contributed by atoms with Crippen molar-refractivity contribution in [1.82, 2.24) is 9.78 Å². The maximum Gasteiger partial charge on any atom is 0.233 e. The lowest BCUT2D eigenvalue weighted by Gasteiger charge is -2.31. The number of carbonyl (C=O) groups excluding carboxylic acids is 1. The molecule has 1 amide bonds. The number of hydrogen-bond acceptors (Lipinski definition) is 2. The maximum absolute atomic E-state index is 13.9. The fourth-order valence-corrected chi connectivity index (χ4v) is 5.57. The minimum absolute atomic E-state index is 0.0894. The Morgan fingerprint density at radius 3 is 2.41 bits per heavy atom. The Hall–Kier alpha value is -2.59. The van der Waals surface area contributed by atoms with Crippen LogP contribution >= 0.6 is 11.6 Å². The van der Waals surface area contributed by atoms with Gasteiger partial charge in [-0.3, -0.25) is 4.79 Å². The molecule has 3 aromatic rings. The van der Waals surface area contributed by atoms with Crippen LogP contribution in [-0.4, -0.2) is 15.7 Å². The third kappa shape index (κ3) is 4.33. The number of amides is 1. The lowest BCUT2D eigenvalue weighted by Crippen LogP contribution is -2.31. The van der Waals surface area contributed by atoms with Gasteiger partial charge in [0.25, 0.3) is 0 Å². The second-order valence-corrected chi connectivity index (χ2v) is 9.57. The molecule has 1 N–H and O–H groups in total. The summed E-state index contributed by atoms with van der Waals surface area (Å²) in [7, 11) is 0. The highest BCUT2D eigenvalue weighted by Crippen LogP contribution is 2.41. The van der Waals surface area contributed by atoms with E-state index >= 15 is 0 Å². The van der Waals surface area contributed by atoms with E-state index < -0.39 is 0 Å². The molecule has 0 bridgehead atoms. The van der Waals surface area contributed by atoms with Gasteiger partial charge in [-0.2, -0.15) is 5.10 Å². The standard InChI is InChI=1S/C27H30ClN3O/c28-20-15-17-22(18-16-20)31-26(23-13-7-8-14-24(23)30-31)25(19-9-3-1-4-10-19)27(32)29-21-11-5-2-6-12-21/h2,5-6,11-12,15-19,25H,1,3-4,7-10,13-14H2,(H,29,32). The van der Waals surface area contributed by atoms with E-state index in [0.29, 0.717) is 10.9 Å². The normalized spacial score (nSPS) is 17.5. The fourth-order valence-electron chi connectivity index (χ4n) is 5.45. The van der Waals surface area contributed by atoms with Crippen molar-refractivity contribution in [3.8, 4) is 5.69 Å². The number of halogens is 1. The average molecular weight is 448 g/mol. The number of carbonyl (C=O) groups is 1. The zero-order valence-corrected chi connectivity index (χ0v) is 19.2. The van der Waals surface area contributed by atoms with Crippen LogP contribution < -0.4 is 5.32 Å². The lowest BCUT2D eigenvalue weighted by molar-refractivity contribution is -0.119. The van der Waals surface area contributed by atoms with Crippen molar-refractivity contribution in [3.63, 3.8) is 0 Å². The molecule has 1 saturated carbocycles. The van der Waals surface area contributed by atoms with Gasteiger partial charge in [-0.15, -0.1) is 0 Å². The van der Waals surface area contributed by atoms with Crippen LogP contribution in [0.4, 0.5) is 5.69 Å². The van der Waals surface area contributed by atoms with Gasteiger partial charge in [0.15, 0.2) is 0 Å². The first-order valence-electron chi connectivity index (χ1n) is 11.9. The molecule has 1 aromatic heterocycles. The van der Waals surface area contributed by atoms with E-state index in [2.05, 4.69) is 10.00 Å². The van der Waals surface area contributed by atoms with Gasteiger partial charge in [0, 0.05) is 10.7 Å². The van der Waals surface area contributed by atoms with Crippen molar-refractivity contribution >= 4 is 23.2 Å². The van der Waals surface area contributed by atoms with Crippen LogP contribution in [0, 0.1) is 5.92 Å². The second-order valence-electron chi connectivity index (χ2n) is 9.14. The van der Waals surface area contributed by atoms with Crippen LogP contribution in [0.5, 0.6) is 0 Å². The fraction of sp³-hybridized carbons (Fsp3) is 0.407. The molecule has 1 atom stereocenters. The molecule has 5 rings (SSSR count). The molecular formula is C27H30ClN3O. The van der Waals surface area contributed by atoms with E-state index in [1.165, 1.54) is 24.8 Å². The molecule has 0 aliphatic heterocycles. The van der Waals surface area contributed by atoms with Gasteiger partial charge in [0.2, 0.25) is 5.91 Å². The highest BCUT2D eigenvalue weighted by molar-refractivity contribution is 6.30. The van der Waals surface area contributed by atoms with Crippen molar-refractivity contribution < 1.29 is 4.79 Å². The Labute approximate surface area is 195 Å². The van der Waals surface area contributed by atoms with E-state index in [1.54, 1.807) is 0 Å². The number of fused-ring (bicyclic) bond motifs is 1. The van der Waals surface area contributed by atoms with Gasteiger partial charge in [-0.1, -0.05) is 49.1 Å². The number of benzene rings is 2. The quantitative estimate of drug-likeness (QED) is 0.472. The SMILES string of the molecule is O=C(Nc1ccccc1)C(c1c2c(nn1-c1ccc(Cl)cc1)CCCC2)C1CCCCC1. The third-order valence-corrected chi connectivity index (χ3v) is 7.26. The molecule has 1 unspecified atom stereocenters. The minimum atomic E-state index is -0.208.